The molecule has 1 amide bonds. The number of nitrogens with one attached hydrogen (secondary N) is 1. The zero-order chi connectivity index (χ0) is 17.4. The van der Waals surface area contributed by atoms with Gasteiger partial charge in [-0.15, -0.1) is 0 Å². The van der Waals surface area contributed by atoms with E-state index in [1.54, 1.807) is 31.4 Å². The molecule has 0 unspecified atom stereocenters. The van der Waals surface area contributed by atoms with Gasteiger partial charge in [-0.05, 0) is 43.4 Å². The second kappa shape index (κ2) is 6.59. The molecule has 1 aromatic carbocycles. The molecule has 0 radical (unpaired) electrons. The Hall–Kier alpha value is -2.21. The normalized spacial score (nSPS) is 21.6. The molecule has 2 aliphatic rings. The van der Waals surface area contributed by atoms with Gasteiger partial charge in [0, 0.05) is 18.7 Å². The number of rotatable bonds is 5. The van der Waals surface area contributed by atoms with Gasteiger partial charge in [0.25, 0.3) is 5.91 Å². The van der Waals surface area contributed by atoms with Gasteiger partial charge in [-0.1, -0.05) is 11.6 Å². The highest BCUT2D eigenvalue weighted by Crippen LogP contribution is 2.38. The number of piperidine rings is 1. The van der Waals surface area contributed by atoms with Crippen molar-refractivity contribution in [1.29, 1.82) is 0 Å². The fourth-order valence-electron chi connectivity index (χ4n) is 3.75. The highest BCUT2D eigenvalue weighted by atomic mass is 35.5. The molecule has 2 heterocycles. The third-order valence-corrected chi connectivity index (χ3v) is 5.34. The van der Waals surface area contributed by atoms with E-state index in [9.17, 15) is 4.79 Å². The summed E-state index contributed by atoms with van der Waals surface area (Å²) in [5, 5.41) is 7.51. The first-order chi connectivity index (χ1) is 12.1. The molecule has 1 aliphatic carbocycles. The molecule has 132 valence electrons. The monoisotopic (exact) mass is 361 g/mol. The van der Waals surface area contributed by atoms with Crippen molar-refractivity contribution in [3.05, 3.63) is 40.7 Å². The van der Waals surface area contributed by atoms with E-state index >= 15 is 0 Å². The second-order valence-electron chi connectivity index (χ2n) is 6.65. The average Bonchev–Trinajstić information content (AvgIpc) is 3.36. The number of carbonyl (C=O) groups is 1. The van der Waals surface area contributed by atoms with Crippen molar-refractivity contribution in [2.24, 2.45) is 5.92 Å². The Kier molecular flexibility index (Phi) is 4.29. The van der Waals surface area contributed by atoms with Crippen molar-refractivity contribution < 1.29 is 14.3 Å². The number of ether oxygens (including phenoxy) is 2. The summed E-state index contributed by atoms with van der Waals surface area (Å²) in [5.41, 5.74) is 1.19. The van der Waals surface area contributed by atoms with Gasteiger partial charge in [-0.3, -0.25) is 9.89 Å². The maximum Gasteiger partial charge on any atom is 0.274 e. The van der Waals surface area contributed by atoms with Crippen molar-refractivity contribution in [3.63, 3.8) is 0 Å². The van der Waals surface area contributed by atoms with E-state index in [1.807, 2.05) is 4.90 Å². The number of hydrogen-bond donors (Lipinski definition) is 1. The maximum absolute atomic E-state index is 12.6. The zero-order valence-electron chi connectivity index (χ0n) is 14.0. The Bertz CT molecular complexity index is 792. The van der Waals surface area contributed by atoms with E-state index in [2.05, 4.69) is 10.2 Å². The number of benzene rings is 1. The molecule has 1 N–H and O–H groups in total. The standard InChI is InChI=1S/C18H20ClN3O3/c1-24-14-4-5-17(15(19)8-14)25-10-12-7-16(21-20-12)18(23)22-9-11-2-3-13(22)6-11/h4-5,7-8,11,13H,2-3,6,9-10H2,1H3,(H,20,21)/t11-,13-/m0/s1. The average molecular weight is 362 g/mol. The Labute approximate surface area is 151 Å². The van der Waals surface area contributed by atoms with Gasteiger partial charge in [-0.25, -0.2) is 0 Å². The predicted octanol–water partition coefficient (Wildman–Crippen LogP) is 3.28. The third-order valence-electron chi connectivity index (χ3n) is 5.04. The maximum atomic E-state index is 12.6. The molecule has 4 rings (SSSR count). The van der Waals surface area contributed by atoms with Crippen LogP contribution < -0.4 is 9.47 Å². The first-order valence-electron chi connectivity index (χ1n) is 8.45. The highest BCUT2D eigenvalue weighted by Gasteiger charge is 2.40. The minimum absolute atomic E-state index is 0.0113. The second-order valence-corrected chi connectivity index (χ2v) is 7.06. The fraction of sp³-hybridized carbons (Fsp3) is 0.444. The van der Waals surface area contributed by atoms with Crippen LogP contribution in [0.4, 0.5) is 0 Å². The molecule has 2 atom stereocenters. The van der Waals surface area contributed by atoms with Crippen molar-refractivity contribution in [2.75, 3.05) is 13.7 Å². The number of likely N-dealkylation sites (tertiary alicyclic amines) is 1. The molecule has 25 heavy (non-hydrogen) atoms. The molecular formula is C18H20ClN3O3. The largest absolute Gasteiger partial charge is 0.497 e. The Morgan fingerprint density at radius 3 is 2.96 bits per heavy atom. The number of H-pyrrole nitrogens is 1. The number of hydrogen-bond acceptors (Lipinski definition) is 4. The fourth-order valence-corrected chi connectivity index (χ4v) is 3.97. The molecule has 1 aromatic heterocycles. The van der Waals surface area contributed by atoms with Crippen LogP contribution in [0.5, 0.6) is 11.5 Å². The van der Waals surface area contributed by atoms with E-state index in [0.717, 1.165) is 25.1 Å². The third kappa shape index (κ3) is 3.18. The van der Waals surface area contributed by atoms with Crippen molar-refractivity contribution in [3.8, 4) is 11.5 Å². The number of aromatic nitrogens is 2. The minimum atomic E-state index is 0.0113. The van der Waals surface area contributed by atoms with E-state index in [-0.39, 0.29) is 12.5 Å². The van der Waals surface area contributed by atoms with Crippen molar-refractivity contribution in [1.82, 2.24) is 15.1 Å². The van der Waals surface area contributed by atoms with Crippen LogP contribution in [0.15, 0.2) is 24.3 Å². The smallest absolute Gasteiger partial charge is 0.274 e. The van der Waals surface area contributed by atoms with E-state index in [1.165, 1.54) is 6.42 Å². The molecule has 1 saturated carbocycles. The highest BCUT2D eigenvalue weighted by molar-refractivity contribution is 6.32. The van der Waals surface area contributed by atoms with Gasteiger partial charge < -0.3 is 14.4 Å². The number of nitrogens with zero attached hydrogens (tertiary/aromatic N) is 2. The number of halogens is 1. The molecular weight excluding hydrogens is 342 g/mol. The van der Waals surface area contributed by atoms with Crippen LogP contribution in [-0.2, 0) is 6.61 Å². The van der Waals surface area contributed by atoms with Gasteiger partial charge in [0.05, 0.1) is 17.8 Å². The molecule has 1 saturated heterocycles. The van der Waals surface area contributed by atoms with Gasteiger partial charge in [-0.2, -0.15) is 5.10 Å². The lowest BCUT2D eigenvalue weighted by molar-refractivity contribution is 0.0697. The predicted molar refractivity (Wildman–Crippen MR) is 93.1 cm³/mol. The Morgan fingerprint density at radius 2 is 2.28 bits per heavy atom. The zero-order valence-corrected chi connectivity index (χ0v) is 14.8. The number of methoxy groups -OCH3 is 1. The summed E-state index contributed by atoms with van der Waals surface area (Å²) in [6.45, 7) is 1.13. The lowest BCUT2D eigenvalue weighted by Gasteiger charge is -2.26. The summed E-state index contributed by atoms with van der Waals surface area (Å²) in [4.78, 5) is 14.6. The van der Waals surface area contributed by atoms with Crippen LogP contribution in [-0.4, -0.2) is 40.7 Å². The molecule has 2 fully saturated rings. The van der Waals surface area contributed by atoms with E-state index in [0.29, 0.717) is 34.2 Å². The first kappa shape index (κ1) is 16.3. The van der Waals surface area contributed by atoms with Gasteiger partial charge >= 0.3 is 0 Å². The van der Waals surface area contributed by atoms with Crippen LogP contribution in [0, 0.1) is 5.92 Å². The van der Waals surface area contributed by atoms with Gasteiger partial charge in [0.1, 0.15) is 18.1 Å². The molecule has 7 heteroatoms. The lowest BCUT2D eigenvalue weighted by atomic mass is 10.1. The Balaban J connectivity index is 1.39. The molecule has 2 aromatic rings. The molecule has 1 aliphatic heterocycles. The number of aromatic amines is 1. The van der Waals surface area contributed by atoms with E-state index in [4.69, 9.17) is 21.1 Å². The van der Waals surface area contributed by atoms with Crippen LogP contribution in [0.2, 0.25) is 5.02 Å². The Morgan fingerprint density at radius 1 is 1.40 bits per heavy atom. The lowest BCUT2D eigenvalue weighted by Crippen LogP contribution is -2.37. The van der Waals surface area contributed by atoms with Crippen molar-refractivity contribution >= 4 is 17.5 Å². The molecule has 2 bridgehead atoms. The van der Waals surface area contributed by atoms with Crippen LogP contribution in [0.3, 0.4) is 0 Å². The minimum Gasteiger partial charge on any atom is -0.497 e. The van der Waals surface area contributed by atoms with Crippen LogP contribution in [0.25, 0.3) is 0 Å². The van der Waals surface area contributed by atoms with Gasteiger partial charge in [0.15, 0.2) is 5.69 Å². The number of fused-ring (bicyclic) bond motifs is 2. The van der Waals surface area contributed by atoms with Gasteiger partial charge in [0.2, 0.25) is 0 Å². The summed E-state index contributed by atoms with van der Waals surface area (Å²) < 4.78 is 10.8. The molecule has 6 nitrogen and oxygen atoms in total. The van der Waals surface area contributed by atoms with Crippen LogP contribution >= 0.6 is 11.6 Å². The van der Waals surface area contributed by atoms with Crippen molar-refractivity contribution in [2.45, 2.75) is 31.9 Å². The summed E-state index contributed by atoms with van der Waals surface area (Å²) >= 11 is 6.16. The number of carbonyl (C=O) groups excluding carboxylic acids is 1. The quantitative estimate of drug-likeness (QED) is 0.887. The SMILES string of the molecule is COc1ccc(OCc2cc(C(=O)N3C[C@H]4CC[C@H]3C4)n[nH]2)c(Cl)c1. The summed E-state index contributed by atoms with van der Waals surface area (Å²) in [7, 11) is 1.58. The molecule has 0 spiro atoms. The number of amides is 1. The summed E-state index contributed by atoms with van der Waals surface area (Å²) in [5.74, 6) is 1.92. The topological polar surface area (TPSA) is 67.5 Å². The van der Waals surface area contributed by atoms with E-state index < -0.39 is 0 Å². The summed E-state index contributed by atoms with van der Waals surface area (Å²) in [6, 6.07) is 7.38. The first-order valence-corrected chi connectivity index (χ1v) is 8.83. The van der Waals surface area contributed by atoms with Crippen LogP contribution in [0.1, 0.15) is 35.4 Å². The summed E-state index contributed by atoms with van der Waals surface area (Å²) in [6.07, 6.45) is 3.51.